The van der Waals surface area contributed by atoms with E-state index in [-0.39, 0.29) is 18.3 Å². The summed E-state index contributed by atoms with van der Waals surface area (Å²) in [5.41, 5.74) is 1.36. The van der Waals surface area contributed by atoms with Gasteiger partial charge in [0.1, 0.15) is 5.82 Å². The highest BCUT2D eigenvalue weighted by Crippen LogP contribution is 2.15. The molecular weight excluding hydrogens is 311 g/mol. The molecule has 24 heavy (non-hydrogen) atoms. The molecule has 1 aliphatic rings. The summed E-state index contributed by atoms with van der Waals surface area (Å²) in [4.78, 5) is 15.9. The molecule has 1 heterocycles. The number of rotatable bonds is 6. The van der Waals surface area contributed by atoms with Crippen LogP contribution in [0.25, 0.3) is 5.57 Å². The van der Waals surface area contributed by atoms with Gasteiger partial charge in [-0.1, -0.05) is 12.1 Å². The van der Waals surface area contributed by atoms with E-state index in [1.165, 1.54) is 23.1 Å². The van der Waals surface area contributed by atoms with Crippen molar-refractivity contribution in [3.8, 4) is 0 Å². The van der Waals surface area contributed by atoms with Gasteiger partial charge in [0.05, 0.1) is 19.3 Å². The summed E-state index contributed by atoms with van der Waals surface area (Å²) >= 11 is 0. The number of allylic oxidation sites excluding steroid dienone is 1. The summed E-state index contributed by atoms with van der Waals surface area (Å²) in [7, 11) is 1.65. The fraction of sp³-hybridized carbons (Fsp3) is 0.500. The standard InChI is InChI=1S/C18H25FN2O3/c1-14(15-4-3-5-16(19)11-15)10-18(23)20(2)12-17(22)13-21-6-8-24-9-7-21/h3-5,10-11,17,22H,6-9,12-13H2,1-2H3. The zero-order valence-electron chi connectivity index (χ0n) is 14.2. The second-order valence-corrected chi connectivity index (χ2v) is 6.12. The van der Waals surface area contributed by atoms with Crippen LogP contribution in [0, 0.1) is 5.82 Å². The van der Waals surface area contributed by atoms with E-state index < -0.39 is 6.10 Å². The predicted molar refractivity (Wildman–Crippen MR) is 91.0 cm³/mol. The minimum atomic E-state index is -0.611. The Labute approximate surface area is 142 Å². The first-order valence-electron chi connectivity index (χ1n) is 8.13. The second-order valence-electron chi connectivity index (χ2n) is 6.12. The largest absolute Gasteiger partial charge is 0.390 e. The van der Waals surface area contributed by atoms with E-state index in [0.29, 0.717) is 30.9 Å². The van der Waals surface area contributed by atoms with Crippen molar-refractivity contribution in [3.63, 3.8) is 0 Å². The number of β-amino-alcohol motifs (C(OH)–C–C–N with tert-alkyl or cyclic N) is 1. The number of morpholine rings is 1. The topological polar surface area (TPSA) is 53.0 Å². The normalized spacial score (nSPS) is 17.6. The molecule has 2 rings (SSSR count). The fourth-order valence-electron chi connectivity index (χ4n) is 2.66. The molecule has 1 unspecified atom stereocenters. The molecule has 1 atom stereocenters. The number of aliphatic hydroxyl groups is 1. The van der Waals surface area contributed by atoms with Crippen molar-refractivity contribution in [2.24, 2.45) is 0 Å². The third-order valence-corrected chi connectivity index (χ3v) is 4.05. The maximum absolute atomic E-state index is 13.2. The Kier molecular flexibility index (Phi) is 6.90. The third-order valence-electron chi connectivity index (χ3n) is 4.05. The molecule has 0 saturated carbocycles. The molecule has 0 radical (unpaired) electrons. The predicted octanol–water partition coefficient (Wildman–Crippen LogP) is 1.38. The highest BCUT2D eigenvalue weighted by Gasteiger charge is 2.17. The van der Waals surface area contributed by atoms with Crippen molar-refractivity contribution < 1.29 is 19.0 Å². The van der Waals surface area contributed by atoms with Gasteiger partial charge in [-0.25, -0.2) is 4.39 Å². The van der Waals surface area contributed by atoms with E-state index in [1.54, 1.807) is 26.1 Å². The van der Waals surface area contributed by atoms with E-state index in [4.69, 9.17) is 4.74 Å². The van der Waals surface area contributed by atoms with Gasteiger partial charge in [0, 0.05) is 39.3 Å². The Hall–Kier alpha value is -1.76. The Morgan fingerprint density at radius 2 is 2.17 bits per heavy atom. The fourth-order valence-corrected chi connectivity index (χ4v) is 2.66. The summed E-state index contributed by atoms with van der Waals surface area (Å²) in [6.07, 6.45) is 0.857. The van der Waals surface area contributed by atoms with Crippen LogP contribution in [-0.2, 0) is 9.53 Å². The number of carbonyl (C=O) groups excluding carboxylic acids is 1. The number of hydrogen-bond donors (Lipinski definition) is 1. The van der Waals surface area contributed by atoms with Crippen molar-refractivity contribution in [2.45, 2.75) is 13.0 Å². The first-order valence-corrected chi connectivity index (χ1v) is 8.13. The molecule has 0 bridgehead atoms. The molecule has 6 heteroatoms. The lowest BCUT2D eigenvalue weighted by atomic mass is 10.1. The average molecular weight is 336 g/mol. The van der Waals surface area contributed by atoms with Crippen LogP contribution in [0.1, 0.15) is 12.5 Å². The number of benzene rings is 1. The summed E-state index contributed by atoms with van der Waals surface area (Å²) in [6.45, 7) is 5.50. The van der Waals surface area contributed by atoms with E-state index in [2.05, 4.69) is 4.90 Å². The van der Waals surface area contributed by atoms with Crippen LogP contribution in [-0.4, -0.2) is 73.4 Å². The molecule has 1 aliphatic heterocycles. The number of hydrogen-bond acceptors (Lipinski definition) is 4. The van der Waals surface area contributed by atoms with Crippen molar-refractivity contribution in [3.05, 3.63) is 41.7 Å². The van der Waals surface area contributed by atoms with Crippen LogP contribution < -0.4 is 0 Å². The van der Waals surface area contributed by atoms with Gasteiger partial charge in [0.25, 0.3) is 0 Å². The molecule has 5 nitrogen and oxygen atoms in total. The van der Waals surface area contributed by atoms with Crippen molar-refractivity contribution in [1.29, 1.82) is 0 Å². The summed E-state index contributed by atoms with van der Waals surface area (Å²) < 4.78 is 18.5. The molecule has 1 aromatic carbocycles. The molecule has 1 amide bonds. The minimum Gasteiger partial charge on any atom is -0.390 e. The van der Waals surface area contributed by atoms with Crippen LogP contribution in [0.15, 0.2) is 30.3 Å². The monoisotopic (exact) mass is 336 g/mol. The molecule has 1 saturated heterocycles. The highest BCUT2D eigenvalue weighted by molar-refractivity contribution is 5.94. The summed E-state index contributed by atoms with van der Waals surface area (Å²) in [5, 5.41) is 10.2. The molecule has 0 aromatic heterocycles. The first-order chi connectivity index (χ1) is 11.5. The van der Waals surface area contributed by atoms with Crippen molar-refractivity contribution in [1.82, 2.24) is 9.80 Å². The number of halogens is 1. The number of ether oxygens (including phenoxy) is 1. The van der Waals surface area contributed by atoms with Gasteiger partial charge in [-0.3, -0.25) is 9.69 Å². The molecular formula is C18H25FN2O3. The minimum absolute atomic E-state index is 0.210. The van der Waals surface area contributed by atoms with Gasteiger partial charge in [0.15, 0.2) is 0 Å². The second kappa shape index (κ2) is 8.92. The van der Waals surface area contributed by atoms with E-state index in [9.17, 15) is 14.3 Å². The van der Waals surface area contributed by atoms with Gasteiger partial charge in [-0.15, -0.1) is 0 Å². The number of likely N-dealkylation sites (N-methyl/N-ethyl adjacent to an activating group) is 1. The van der Waals surface area contributed by atoms with Gasteiger partial charge >= 0.3 is 0 Å². The molecule has 0 spiro atoms. The van der Waals surface area contributed by atoms with Crippen molar-refractivity contribution in [2.75, 3.05) is 46.4 Å². The Morgan fingerprint density at radius 3 is 2.83 bits per heavy atom. The maximum Gasteiger partial charge on any atom is 0.246 e. The highest BCUT2D eigenvalue weighted by atomic mass is 19.1. The van der Waals surface area contributed by atoms with E-state index >= 15 is 0 Å². The van der Waals surface area contributed by atoms with Crippen LogP contribution >= 0.6 is 0 Å². The van der Waals surface area contributed by atoms with Gasteiger partial charge in [-0.2, -0.15) is 0 Å². The quantitative estimate of drug-likeness (QED) is 0.798. The zero-order chi connectivity index (χ0) is 17.5. The third kappa shape index (κ3) is 5.70. The van der Waals surface area contributed by atoms with Gasteiger partial charge in [0.2, 0.25) is 5.91 Å². The molecule has 1 N–H and O–H groups in total. The zero-order valence-corrected chi connectivity index (χ0v) is 14.2. The van der Waals surface area contributed by atoms with Crippen molar-refractivity contribution >= 4 is 11.5 Å². The molecule has 132 valence electrons. The number of amides is 1. The van der Waals surface area contributed by atoms with Crippen LogP contribution in [0.2, 0.25) is 0 Å². The number of aliphatic hydroxyl groups excluding tert-OH is 1. The van der Waals surface area contributed by atoms with Crippen LogP contribution in [0.3, 0.4) is 0 Å². The first kappa shape index (κ1) is 18.6. The molecule has 0 aliphatic carbocycles. The van der Waals surface area contributed by atoms with E-state index in [0.717, 1.165) is 13.1 Å². The summed E-state index contributed by atoms with van der Waals surface area (Å²) in [5.74, 6) is -0.542. The molecule has 1 fully saturated rings. The summed E-state index contributed by atoms with van der Waals surface area (Å²) in [6, 6.07) is 6.14. The van der Waals surface area contributed by atoms with Gasteiger partial charge < -0.3 is 14.7 Å². The number of carbonyl (C=O) groups is 1. The number of nitrogens with zero attached hydrogens (tertiary/aromatic N) is 2. The Morgan fingerprint density at radius 1 is 1.46 bits per heavy atom. The lowest BCUT2D eigenvalue weighted by Gasteiger charge is -2.29. The van der Waals surface area contributed by atoms with Crippen LogP contribution in [0.4, 0.5) is 4.39 Å². The maximum atomic E-state index is 13.2. The Bertz CT molecular complexity index is 585. The average Bonchev–Trinajstić information content (AvgIpc) is 2.55. The van der Waals surface area contributed by atoms with Crippen LogP contribution in [0.5, 0.6) is 0 Å². The van der Waals surface area contributed by atoms with Gasteiger partial charge in [-0.05, 0) is 30.2 Å². The van der Waals surface area contributed by atoms with E-state index in [1.807, 2.05) is 0 Å². The Balaban J connectivity index is 1.87. The lowest BCUT2D eigenvalue weighted by Crippen LogP contribution is -2.44. The lowest BCUT2D eigenvalue weighted by molar-refractivity contribution is -0.126. The molecule has 1 aromatic rings. The smallest absolute Gasteiger partial charge is 0.246 e. The SMILES string of the molecule is CC(=CC(=O)N(C)CC(O)CN1CCOCC1)c1cccc(F)c1.